The first-order valence-corrected chi connectivity index (χ1v) is 11.9. The third kappa shape index (κ3) is 5.18. The summed E-state index contributed by atoms with van der Waals surface area (Å²) in [6.45, 7) is 7.49. The Kier molecular flexibility index (Phi) is 7.39. The molecule has 10 heteroatoms. The third-order valence-electron chi connectivity index (χ3n) is 5.73. The highest BCUT2D eigenvalue weighted by Gasteiger charge is 2.22. The molecule has 1 fully saturated rings. The number of nitrogens with zero attached hydrogens (tertiary/aromatic N) is 6. The number of thioether (sulfide) groups is 1. The van der Waals surface area contributed by atoms with E-state index in [1.54, 1.807) is 24.3 Å². The lowest BCUT2D eigenvalue weighted by Crippen LogP contribution is -2.47. The average molecular weight is 479 g/mol. The molecule has 0 aliphatic carbocycles. The first-order chi connectivity index (χ1) is 16.5. The number of piperazine rings is 1. The summed E-state index contributed by atoms with van der Waals surface area (Å²) in [6.07, 6.45) is 1.71. The quantitative estimate of drug-likeness (QED) is 0.211. The van der Waals surface area contributed by atoms with E-state index < -0.39 is 4.92 Å². The SMILES string of the molecule is C=CCn1c(SCc2ccc(C(=O)N3CCN(C)CC3)cc2)nnc1-c1ccccc1[N+](=O)[O-]. The number of likely N-dealkylation sites (N-methyl/N-ethyl adjacent to an activating group) is 1. The summed E-state index contributed by atoms with van der Waals surface area (Å²) < 4.78 is 1.82. The maximum atomic E-state index is 12.7. The molecule has 0 atom stereocenters. The summed E-state index contributed by atoms with van der Waals surface area (Å²) >= 11 is 1.48. The summed E-state index contributed by atoms with van der Waals surface area (Å²) in [5, 5.41) is 20.6. The van der Waals surface area contributed by atoms with Gasteiger partial charge in [-0.05, 0) is 30.8 Å². The van der Waals surface area contributed by atoms with Crippen molar-refractivity contribution in [2.45, 2.75) is 17.5 Å². The lowest BCUT2D eigenvalue weighted by Gasteiger charge is -2.32. The average Bonchev–Trinajstić information content (AvgIpc) is 3.25. The van der Waals surface area contributed by atoms with Crippen molar-refractivity contribution >= 4 is 23.4 Å². The second kappa shape index (κ2) is 10.6. The summed E-state index contributed by atoms with van der Waals surface area (Å²) in [7, 11) is 2.06. The van der Waals surface area contributed by atoms with Crippen molar-refractivity contribution in [2.75, 3.05) is 33.2 Å². The standard InChI is InChI=1S/C24H26N6O3S/c1-3-12-29-22(20-6-4-5-7-21(20)30(32)33)25-26-24(29)34-17-18-8-10-19(11-9-18)23(31)28-15-13-27(2)14-16-28/h3-11H,1,12-17H2,2H3. The highest BCUT2D eigenvalue weighted by molar-refractivity contribution is 7.98. The van der Waals surface area contributed by atoms with Gasteiger partial charge in [0.2, 0.25) is 0 Å². The first kappa shape index (κ1) is 23.7. The maximum Gasteiger partial charge on any atom is 0.280 e. The van der Waals surface area contributed by atoms with Crippen LogP contribution in [0, 0.1) is 10.1 Å². The van der Waals surface area contributed by atoms with Crippen LogP contribution in [-0.4, -0.2) is 68.6 Å². The van der Waals surface area contributed by atoms with Crippen LogP contribution < -0.4 is 0 Å². The van der Waals surface area contributed by atoms with E-state index in [2.05, 4.69) is 28.7 Å². The highest BCUT2D eigenvalue weighted by Crippen LogP contribution is 2.31. The Labute approximate surface area is 202 Å². The lowest BCUT2D eigenvalue weighted by atomic mass is 10.1. The number of carbonyl (C=O) groups is 1. The molecule has 9 nitrogen and oxygen atoms in total. The topological polar surface area (TPSA) is 97.4 Å². The molecule has 0 unspecified atom stereocenters. The molecule has 3 aromatic rings. The molecule has 1 amide bonds. The van der Waals surface area contributed by atoms with Crippen molar-refractivity contribution in [2.24, 2.45) is 0 Å². The zero-order chi connectivity index (χ0) is 24.1. The van der Waals surface area contributed by atoms with Crippen LogP contribution in [0.4, 0.5) is 5.69 Å². The molecule has 0 N–H and O–H groups in total. The predicted octanol–water partition coefficient (Wildman–Crippen LogP) is 3.72. The minimum atomic E-state index is -0.417. The Hall–Kier alpha value is -3.50. The van der Waals surface area contributed by atoms with E-state index in [1.807, 2.05) is 33.7 Å². The van der Waals surface area contributed by atoms with Crippen LogP contribution in [-0.2, 0) is 12.3 Å². The van der Waals surface area contributed by atoms with E-state index in [0.29, 0.717) is 34.4 Å². The van der Waals surface area contributed by atoms with Crippen molar-refractivity contribution < 1.29 is 9.72 Å². The van der Waals surface area contributed by atoms with Crippen LogP contribution >= 0.6 is 11.8 Å². The van der Waals surface area contributed by atoms with Gasteiger partial charge in [0, 0.05) is 50.1 Å². The molecular formula is C24H26N6O3S. The number of allylic oxidation sites excluding steroid dienone is 1. The van der Waals surface area contributed by atoms with E-state index in [4.69, 9.17) is 0 Å². The van der Waals surface area contributed by atoms with Gasteiger partial charge in [-0.15, -0.1) is 16.8 Å². The fraction of sp³-hybridized carbons (Fsp3) is 0.292. The Bertz CT molecular complexity index is 1190. The van der Waals surface area contributed by atoms with Crippen LogP contribution in [0.5, 0.6) is 0 Å². The summed E-state index contributed by atoms with van der Waals surface area (Å²) in [6, 6.07) is 14.1. The van der Waals surface area contributed by atoms with Gasteiger partial charge >= 0.3 is 0 Å². The van der Waals surface area contributed by atoms with E-state index >= 15 is 0 Å². The van der Waals surface area contributed by atoms with Crippen molar-refractivity contribution in [3.05, 3.63) is 82.4 Å². The Morgan fingerprint density at radius 2 is 1.82 bits per heavy atom. The number of carbonyl (C=O) groups excluding carboxylic acids is 1. The summed E-state index contributed by atoms with van der Waals surface area (Å²) in [5.74, 6) is 1.12. The van der Waals surface area contributed by atoms with Crippen LogP contribution in [0.1, 0.15) is 15.9 Å². The van der Waals surface area contributed by atoms with Crippen molar-refractivity contribution in [1.29, 1.82) is 0 Å². The second-order valence-corrected chi connectivity index (χ2v) is 9.00. The number of benzene rings is 2. The van der Waals surface area contributed by atoms with Gasteiger partial charge in [-0.25, -0.2) is 0 Å². The zero-order valence-electron chi connectivity index (χ0n) is 19.0. The number of hydrogen-bond donors (Lipinski definition) is 0. The molecule has 1 saturated heterocycles. The molecule has 1 aromatic heterocycles. The molecule has 176 valence electrons. The predicted molar refractivity (Wildman–Crippen MR) is 132 cm³/mol. The summed E-state index contributed by atoms with van der Waals surface area (Å²) in [4.78, 5) is 27.9. The van der Waals surface area contributed by atoms with E-state index in [-0.39, 0.29) is 11.6 Å². The number of hydrogen-bond acceptors (Lipinski definition) is 7. The first-order valence-electron chi connectivity index (χ1n) is 11.0. The normalized spacial score (nSPS) is 14.2. The number of amides is 1. The molecule has 2 heterocycles. The van der Waals surface area contributed by atoms with Crippen LogP contribution in [0.2, 0.25) is 0 Å². The van der Waals surface area contributed by atoms with Gasteiger partial charge in [0.25, 0.3) is 11.6 Å². The number of para-hydroxylation sites is 1. The van der Waals surface area contributed by atoms with Crippen molar-refractivity contribution in [3.8, 4) is 11.4 Å². The van der Waals surface area contributed by atoms with E-state index in [0.717, 1.165) is 31.7 Å². The fourth-order valence-electron chi connectivity index (χ4n) is 3.79. The molecule has 0 saturated carbocycles. The van der Waals surface area contributed by atoms with Crippen molar-refractivity contribution in [1.82, 2.24) is 24.6 Å². The fourth-order valence-corrected chi connectivity index (χ4v) is 4.70. The van der Waals surface area contributed by atoms with Crippen molar-refractivity contribution in [3.63, 3.8) is 0 Å². The molecular weight excluding hydrogens is 452 g/mol. The minimum absolute atomic E-state index is 0.0163. The van der Waals surface area contributed by atoms with Gasteiger partial charge in [0.15, 0.2) is 11.0 Å². The Balaban J connectivity index is 1.47. The minimum Gasteiger partial charge on any atom is -0.336 e. The van der Waals surface area contributed by atoms with Gasteiger partial charge in [0.05, 0.1) is 10.5 Å². The maximum absolute atomic E-state index is 12.7. The smallest absolute Gasteiger partial charge is 0.280 e. The molecule has 1 aliphatic rings. The molecule has 34 heavy (non-hydrogen) atoms. The van der Waals surface area contributed by atoms with Crippen LogP contribution in [0.15, 0.2) is 66.3 Å². The molecule has 2 aromatic carbocycles. The van der Waals surface area contributed by atoms with Crippen LogP contribution in [0.25, 0.3) is 11.4 Å². The molecule has 4 rings (SSSR count). The Morgan fingerprint density at radius 3 is 2.50 bits per heavy atom. The van der Waals surface area contributed by atoms with Gasteiger partial charge < -0.3 is 9.80 Å². The monoisotopic (exact) mass is 478 g/mol. The Morgan fingerprint density at radius 1 is 1.12 bits per heavy atom. The molecule has 0 spiro atoms. The van der Waals surface area contributed by atoms with E-state index in [1.165, 1.54) is 17.8 Å². The van der Waals surface area contributed by atoms with Gasteiger partial charge in [0.1, 0.15) is 0 Å². The molecule has 1 aliphatic heterocycles. The largest absolute Gasteiger partial charge is 0.336 e. The zero-order valence-corrected chi connectivity index (χ0v) is 19.8. The number of nitro benzene ring substituents is 1. The van der Waals surface area contributed by atoms with Crippen LogP contribution in [0.3, 0.4) is 0 Å². The third-order valence-corrected chi connectivity index (χ3v) is 6.77. The number of nitro groups is 1. The van der Waals surface area contributed by atoms with Gasteiger partial charge in [-0.1, -0.05) is 42.1 Å². The molecule has 0 radical (unpaired) electrons. The van der Waals surface area contributed by atoms with E-state index in [9.17, 15) is 14.9 Å². The second-order valence-electron chi connectivity index (χ2n) is 8.06. The highest BCUT2D eigenvalue weighted by atomic mass is 32.2. The number of aromatic nitrogens is 3. The lowest BCUT2D eigenvalue weighted by molar-refractivity contribution is -0.384. The number of rotatable bonds is 8. The molecule has 0 bridgehead atoms. The van der Waals surface area contributed by atoms with Gasteiger partial charge in [-0.2, -0.15) is 0 Å². The van der Waals surface area contributed by atoms with Gasteiger partial charge in [-0.3, -0.25) is 19.5 Å². The summed E-state index contributed by atoms with van der Waals surface area (Å²) in [5.41, 5.74) is 2.13.